The van der Waals surface area contributed by atoms with Crippen LogP contribution in [0.3, 0.4) is 0 Å². The van der Waals surface area contributed by atoms with E-state index in [9.17, 15) is 4.79 Å². The van der Waals surface area contributed by atoms with Crippen molar-refractivity contribution in [2.45, 2.75) is 44.1 Å². The second kappa shape index (κ2) is 7.03. The van der Waals surface area contributed by atoms with Gasteiger partial charge in [0, 0.05) is 12.5 Å². The molecule has 2 aromatic heterocycles. The van der Waals surface area contributed by atoms with Crippen molar-refractivity contribution in [3.63, 3.8) is 0 Å². The molecule has 1 aliphatic carbocycles. The van der Waals surface area contributed by atoms with Gasteiger partial charge >= 0.3 is 0 Å². The van der Waals surface area contributed by atoms with Crippen LogP contribution in [0, 0.1) is 0 Å². The Hall–Kier alpha value is -1.73. The zero-order chi connectivity index (χ0) is 16.4. The molecule has 0 radical (unpaired) electrons. The summed E-state index contributed by atoms with van der Waals surface area (Å²) >= 11 is 1.69. The first kappa shape index (κ1) is 15.8. The lowest BCUT2D eigenvalue weighted by molar-refractivity contribution is -0.122. The molecule has 6 nitrogen and oxygen atoms in total. The van der Waals surface area contributed by atoms with E-state index in [4.69, 9.17) is 4.52 Å². The molecule has 1 aliphatic heterocycles. The van der Waals surface area contributed by atoms with E-state index in [1.54, 1.807) is 11.3 Å². The Labute approximate surface area is 145 Å². The Morgan fingerprint density at radius 3 is 3.12 bits per heavy atom. The number of hydrogen-bond donors (Lipinski definition) is 1. The first-order chi connectivity index (χ1) is 11.8. The van der Waals surface area contributed by atoms with Crippen molar-refractivity contribution in [1.82, 2.24) is 20.4 Å². The topological polar surface area (TPSA) is 71.3 Å². The summed E-state index contributed by atoms with van der Waals surface area (Å²) in [5, 5.41) is 11.4. The van der Waals surface area contributed by atoms with E-state index in [2.05, 4.69) is 37.2 Å². The van der Waals surface area contributed by atoms with Crippen LogP contribution in [0.2, 0.25) is 0 Å². The van der Waals surface area contributed by atoms with E-state index in [1.165, 1.54) is 5.56 Å². The van der Waals surface area contributed by atoms with Crippen molar-refractivity contribution >= 4 is 17.2 Å². The van der Waals surface area contributed by atoms with Gasteiger partial charge in [0.15, 0.2) is 5.82 Å². The first-order valence-electron chi connectivity index (χ1n) is 8.65. The number of likely N-dealkylation sites (tertiary alicyclic amines) is 1. The molecule has 24 heavy (non-hydrogen) atoms. The Morgan fingerprint density at radius 2 is 2.33 bits per heavy atom. The molecule has 2 aromatic rings. The summed E-state index contributed by atoms with van der Waals surface area (Å²) in [7, 11) is 0. The maximum atomic E-state index is 12.2. The van der Waals surface area contributed by atoms with Gasteiger partial charge < -0.3 is 9.84 Å². The molecule has 128 valence electrons. The van der Waals surface area contributed by atoms with Crippen LogP contribution in [0.15, 0.2) is 21.3 Å². The second-order valence-electron chi connectivity index (χ2n) is 6.63. The molecule has 0 spiro atoms. The smallest absolute Gasteiger partial charge is 0.234 e. The van der Waals surface area contributed by atoms with E-state index in [0.717, 1.165) is 50.4 Å². The predicted octanol–water partition coefficient (Wildman–Crippen LogP) is 2.50. The fraction of sp³-hybridized carbons (Fsp3) is 0.588. The van der Waals surface area contributed by atoms with E-state index in [-0.39, 0.29) is 11.9 Å². The standard InChI is InChI=1S/C17H22N4O2S/c22-15(18-7-5-12-6-9-24-11-12)10-21-8-1-2-14(21)16-19-17(23-20-16)13-3-4-13/h6,9,11,13-14H,1-5,7-8,10H2,(H,18,22)/t14-/m0/s1. The summed E-state index contributed by atoms with van der Waals surface area (Å²) < 4.78 is 5.37. The Morgan fingerprint density at radius 1 is 1.42 bits per heavy atom. The molecule has 3 heterocycles. The van der Waals surface area contributed by atoms with Crippen LogP contribution in [0.4, 0.5) is 0 Å². The molecule has 1 amide bonds. The van der Waals surface area contributed by atoms with Crippen LogP contribution in [-0.4, -0.2) is 40.6 Å². The molecule has 7 heteroatoms. The summed E-state index contributed by atoms with van der Waals surface area (Å²) in [5.41, 5.74) is 1.28. The lowest BCUT2D eigenvalue weighted by Crippen LogP contribution is -2.38. The third kappa shape index (κ3) is 3.67. The van der Waals surface area contributed by atoms with Crippen molar-refractivity contribution in [2.75, 3.05) is 19.6 Å². The molecule has 2 aliphatic rings. The molecule has 2 fully saturated rings. The summed E-state index contributed by atoms with van der Waals surface area (Å²) in [4.78, 5) is 18.9. The van der Waals surface area contributed by atoms with Crippen molar-refractivity contribution in [1.29, 1.82) is 0 Å². The molecule has 1 saturated carbocycles. The van der Waals surface area contributed by atoms with Crippen LogP contribution in [0.25, 0.3) is 0 Å². The van der Waals surface area contributed by atoms with Crippen LogP contribution in [0.5, 0.6) is 0 Å². The maximum absolute atomic E-state index is 12.2. The van der Waals surface area contributed by atoms with Crippen molar-refractivity contribution in [2.24, 2.45) is 0 Å². The van der Waals surface area contributed by atoms with Crippen LogP contribution in [-0.2, 0) is 11.2 Å². The zero-order valence-electron chi connectivity index (χ0n) is 13.6. The largest absolute Gasteiger partial charge is 0.355 e. The number of carbonyl (C=O) groups is 1. The van der Waals surface area contributed by atoms with Gasteiger partial charge in [0.05, 0.1) is 12.6 Å². The van der Waals surface area contributed by atoms with Gasteiger partial charge in [-0.05, 0) is 61.0 Å². The number of amides is 1. The van der Waals surface area contributed by atoms with Gasteiger partial charge in [-0.2, -0.15) is 16.3 Å². The summed E-state index contributed by atoms with van der Waals surface area (Å²) in [6.45, 7) is 2.00. The third-order valence-corrected chi connectivity index (χ3v) is 5.44. The quantitative estimate of drug-likeness (QED) is 0.834. The summed E-state index contributed by atoms with van der Waals surface area (Å²) in [5.74, 6) is 2.07. The lowest BCUT2D eigenvalue weighted by Gasteiger charge is -2.21. The zero-order valence-corrected chi connectivity index (χ0v) is 14.4. The minimum Gasteiger partial charge on any atom is -0.355 e. The highest BCUT2D eigenvalue weighted by molar-refractivity contribution is 7.07. The predicted molar refractivity (Wildman–Crippen MR) is 90.9 cm³/mol. The minimum atomic E-state index is 0.0723. The van der Waals surface area contributed by atoms with Crippen LogP contribution < -0.4 is 5.32 Å². The van der Waals surface area contributed by atoms with Crippen molar-refractivity contribution < 1.29 is 9.32 Å². The average molecular weight is 346 g/mol. The van der Waals surface area contributed by atoms with Crippen molar-refractivity contribution in [3.05, 3.63) is 34.1 Å². The average Bonchev–Trinajstić information content (AvgIpc) is 2.98. The fourth-order valence-electron chi connectivity index (χ4n) is 3.21. The first-order valence-corrected chi connectivity index (χ1v) is 9.59. The third-order valence-electron chi connectivity index (χ3n) is 4.71. The van der Waals surface area contributed by atoms with E-state index in [1.807, 2.05) is 0 Å². The Bertz CT molecular complexity index is 681. The number of nitrogens with one attached hydrogen (secondary N) is 1. The highest BCUT2D eigenvalue weighted by Crippen LogP contribution is 2.40. The monoisotopic (exact) mass is 346 g/mol. The molecule has 0 aromatic carbocycles. The van der Waals surface area contributed by atoms with Gasteiger partial charge in [0.2, 0.25) is 11.8 Å². The number of thiophene rings is 1. The molecular formula is C17H22N4O2S. The molecule has 1 saturated heterocycles. The SMILES string of the molecule is O=C(CN1CCC[C@H]1c1noc(C2CC2)n1)NCCc1ccsc1. The van der Waals surface area contributed by atoms with Gasteiger partial charge in [-0.15, -0.1) is 0 Å². The molecule has 1 N–H and O–H groups in total. The molecular weight excluding hydrogens is 324 g/mol. The van der Waals surface area contributed by atoms with Gasteiger partial charge in [0.25, 0.3) is 0 Å². The van der Waals surface area contributed by atoms with Gasteiger partial charge in [-0.3, -0.25) is 9.69 Å². The number of nitrogens with zero attached hydrogens (tertiary/aromatic N) is 3. The minimum absolute atomic E-state index is 0.0723. The molecule has 4 rings (SSSR count). The lowest BCUT2D eigenvalue weighted by atomic mass is 10.2. The Kier molecular flexibility index (Phi) is 4.62. The Balaban J connectivity index is 1.28. The van der Waals surface area contributed by atoms with Gasteiger partial charge in [-0.25, -0.2) is 0 Å². The molecule has 0 unspecified atom stereocenters. The van der Waals surface area contributed by atoms with Crippen LogP contribution >= 0.6 is 11.3 Å². The second-order valence-corrected chi connectivity index (χ2v) is 7.41. The summed E-state index contributed by atoms with van der Waals surface area (Å²) in [6.07, 6.45) is 5.26. The van der Waals surface area contributed by atoms with E-state index in [0.29, 0.717) is 19.0 Å². The molecule has 1 atom stereocenters. The highest BCUT2D eigenvalue weighted by atomic mass is 32.1. The maximum Gasteiger partial charge on any atom is 0.234 e. The number of hydrogen-bond acceptors (Lipinski definition) is 6. The highest BCUT2D eigenvalue weighted by Gasteiger charge is 2.34. The van der Waals surface area contributed by atoms with E-state index < -0.39 is 0 Å². The van der Waals surface area contributed by atoms with Crippen molar-refractivity contribution in [3.8, 4) is 0 Å². The van der Waals surface area contributed by atoms with E-state index >= 15 is 0 Å². The number of carbonyl (C=O) groups excluding carboxylic acids is 1. The van der Waals surface area contributed by atoms with Gasteiger partial charge in [-0.1, -0.05) is 5.16 Å². The number of rotatable bonds is 7. The van der Waals surface area contributed by atoms with Crippen LogP contribution in [0.1, 0.15) is 54.9 Å². The fourth-order valence-corrected chi connectivity index (χ4v) is 3.91. The summed E-state index contributed by atoms with van der Waals surface area (Å²) in [6, 6.07) is 2.21. The molecule has 0 bridgehead atoms. The number of aromatic nitrogens is 2. The normalized spacial score (nSPS) is 21.2. The van der Waals surface area contributed by atoms with Gasteiger partial charge in [0.1, 0.15) is 0 Å².